The van der Waals surface area contributed by atoms with E-state index in [9.17, 15) is 10.1 Å². The van der Waals surface area contributed by atoms with Crippen LogP contribution in [0.1, 0.15) is 51.2 Å². The fraction of sp³-hybridized carbons (Fsp3) is 0.545. The van der Waals surface area contributed by atoms with Crippen LogP contribution < -0.4 is 4.90 Å². The van der Waals surface area contributed by atoms with E-state index in [1.807, 2.05) is 6.07 Å². The Labute approximate surface area is 162 Å². The molecule has 0 spiro atoms. The number of anilines is 1. The minimum Gasteiger partial charge on any atom is -0.378 e. The molecule has 3 rings (SSSR count). The molecular formula is C22H29N3O2. The van der Waals surface area contributed by atoms with E-state index >= 15 is 0 Å². The summed E-state index contributed by atoms with van der Waals surface area (Å²) in [4.78, 5) is 16.8. The summed E-state index contributed by atoms with van der Waals surface area (Å²) >= 11 is 0. The van der Waals surface area contributed by atoms with Gasteiger partial charge < -0.3 is 14.5 Å². The molecule has 144 valence electrons. The third-order valence-corrected chi connectivity index (χ3v) is 5.69. The van der Waals surface area contributed by atoms with E-state index in [1.54, 1.807) is 11.0 Å². The summed E-state index contributed by atoms with van der Waals surface area (Å²) in [7, 11) is 0. The molecule has 1 fully saturated rings. The SMILES string of the molecule is CCN1c2ccc(/C=C(/C#N)C(=O)N3CCOCC3)cc2[C@H](C)CC1(C)C. The highest BCUT2D eigenvalue weighted by Crippen LogP contribution is 2.43. The van der Waals surface area contributed by atoms with Gasteiger partial charge in [-0.2, -0.15) is 5.26 Å². The molecule has 1 atom stereocenters. The second-order valence-electron chi connectivity index (χ2n) is 8.05. The zero-order valence-corrected chi connectivity index (χ0v) is 16.8. The zero-order valence-electron chi connectivity index (χ0n) is 16.8. The maximum Gasteiger partial charge on any atom is 0.264 e. The summed E-state index contributed by atoms with van der Waals surface area (Å²) in [6, 6.07) is 8.38. The van der Waals surface area contributed by atoms with Crippen LogP contribution in [0.15, 0.2) is 23.8 Å². The third-order valence-electron chi connectivity index (χ3n) is 5.69. The van der Waals surface area contributed by atoms with Gasteiger partial charge in [0.2, 0.25) is 0 Å². The van der Waals surface area contributed by atoms with Crippen molar-refractivity contribution in [3.8, 4) is 6.07 Å². The molecule has 1 aromatic carbocycles. The Hall–Kier alpha value is -2.32. The van der Waals surface area contributed by atoms with E-state index < -0.39 is 0 Å². The Kier molecular flexibility index (Phi) is 5.57. The van der Waals surface area contributed by atoms with Gasteiger partial charge in [0.05, 0.1) is 13.2 Å². The normalized spacial score (nSPS) is 22.2. The van der Waals surface area contributed by atoms with Gasteiger partial charge in [0, 0.05) is 30.9 Å². The molecule has 5 nitrogen and oxygen atoms in total. The van der Waals surface area contributed by atoms with Crippen LogP contribution in [0.3, 0.4) is 0 Å². The van der Waals surface area contributed by atoms with Crippen LogP contribution in [0.2, 0.25) is 0 Å². The number of carbonyl (C=O) groups excluding carboxylic acids is 1. The summed E-state index contributed by atoms with van der Waals surface area (Å²) in [6.07, 6.45) is 2.81. The molecule has 0 bridgehead atoms. The number of benzene rings is 1. The number of amides is 1. The van der Waals surface area contributed by atoms with Crippen LogP contribution in [0.25, 0.3) is 6.08 Å². The average Bonchev–Trinajstić information content (AvgIpc) is 2.66. The smallest absolute Gasteiger partial charge is 0.264 e. The van der Waals surface area contributed by atoms with E-state index in [0.29, 0.717) is 32.2 Å². The second kappa shape index (κ2) is 7.74. The van der Waals surface area contributed by atoms with Crippen molar-refractivity contribution in [2.75, 3.05) is 37.7 Å². The van der Waals surface area contributed by atoms with E-state index in [-0.39, 0.29) is 17.0 Å². The molecule has 1 aromatic rings. The highest BCUT2D eigenvalue weighted by atomic mass is 16.5. The minimum atomic E-state index is -0.206. The first-order valence-electron chi connectivity index (χ1n) is 9.77. The summed E-state index contributed by atoms with van der Waals surface area (Å²) < 4.78 is 5.29. The van der Waals surface area contributed by atoms with E-state index in [2.05, 4.69) is 50.8 Å². The molecule has 0 radical (unpaired) electrons. The van der Waals surface area contributed by atoms with Crippen molar-refractivity contribution in [2.45, 2.75) is 45.6 Å². The monoisotopic (exact) mass is 367 g/mol. The molecular weight excluding hydrogens is 338 g/mol. The Morgan fingerprint density at radius 3 is 2.70 bits per heavy atom. The van der Waals surface area contributed by atoms with Gasteiger partial charge in [-0.05, 0) is 62.4 Å². The van der Waals surface area contributed by atoms with Crippen LogP contribution in [0.5, 0.6) is 0 Å². The number of ether oxygens (including phenoxy) is 1. The Balaban J connectivity index is 1.92. The van der Waals surface area contributed by atoms with Crippen LogP contribution >= 0.6 is 0 Å². The minimum absolute atomic E-state index is 0.128. The summed E-state index contributed by atoms with van der Waals surface area (Å²) in [5, 5.41) is 9.52. The van der Waals surface area contributed by atoms with Gasteiger partial charge in [0.25, 0.3) is 5.91 Å². The van der Waals surface area contributed by atoms with Crippen molar-refractivity contribution in [3.63, 3.8) is 0 Å². The first-order chi connectivity index (χ1) is 12.9. The largest absolute Gasteiger partial charge is 0.378 e. The van der Waals surface area contributed by atoms with E-state index in [0.717, 1.165) is 18.5 Å². The lowest BCUT2D eigenvalue weighted by atomic mass is 9.79. The second-order valence-corrected chi connectivity index (χ2v) is 8.05. The maximum atomic E-state index is 12.6. The number of rotatable bonds is 3. The average molecular weight is 367 g/mol. The number of nitrogens with zero attached hydrogens (tertiary/aromatic N) is 3. The molecule has 2 aliphatic heterocycles. The van der Waals surface area contributed by atoms with Crippen LogP contribution in [0.4, 0.5) is 5.69 Å². The molecule has 27 heavy (non-hydrogen) atoms. The highest BCUT2D eigenvalue weighted by Gasteiger charge is 2.35. The Morgan fingerprint density at radius 2 is 2.07 bits per heavy atom. The van der Waals surface area contributed by atoms with Gasteiger partial charge in [-0.3, -0.25) is 4.79 Å². The molecule has 0 N–H and O–H groups in total. The van der Waals surface area contributed by atoms with Crippen molar-refractivity contribution in [3.05, 3.63) is 34.9 Å². The quantitative estimate of drug-likeness (QED) is 0.605. The molecule has 2 heterocycles. The fourth-order valence-electron chi connectivity index (χ4n) is 4.44. The molecule has 5 heteroatoms. The summed E-state index contributed by atoms with van der Waals surface area (Å²) in [5.74, 6) is 0.231. The topological polar surface area (TPSA) is 56.6 Å². The van der Waals surface area contributed by atoms with Crippen LogP contribution in [-0.4, -0.2) is 49.2 Å². The van der Waals surface area contributed by atoms with Gasteiger partial charge in [0.15, 0.2) is 0 Å². The van der Waals surface area contributed by atoms with Crippen molar-refractivity contribution in [1.29, 1.82) is 5.26 Å². The van der Waals surface area contributed by atoms with E-state index in [1.165, 1.54) is 11.3 Å². The van der Waals surface area contributed by atoms with Crippen LogP contribution in [0, 0.1) is 11.3 Å². The Bertz CT molecular complexity index is 785. The van der Waals surface area contributed by atoms with Crippen LogP contribution in [-0.2, 0) is 9.53 Å². The first-order valence-corrected chi connectivity index (χ1v) is 9.77. The van der Waals surface area contributed by atoms with Crippen molar-refractivity contribution in [1.82, 2.24) is 4.90 Å². The number of hydrogen-bond donors (Lipinski definition) is 0. The van der Waals surface area contributed by atoms with Crippen molar-refractivity contribution in [2.24, 2.45) is 0 Å². The predicted octanol–water partition coefficient (Wildman–Crippen LogP) is 3.56. The summed E-state index contributed by atoms with van der Waals surface area (Å²) in [6.45, 7) is 12.1. The number of morpholine rings is 1. The highest BCUT2D eigenvalue weighted by molar-refractivity contribution is 6.01. The van der Waals surface area contributed by atoms with Gasteiger partial charge in [-0.1, -0.05) is 13.0 Å². The zero-order chi connectivity index (χ0) is 19.6. The van der Waals surface area contributed by atoms with E-state index in [4.69, 9.17) is 4.74 Å². The third kappa shape index (κ3) is 3.86. The van der Waals surface area contributed by atoms with Gasteiger partial charge in [-0.15, -0.1) is 0 Å². The fourth-order valence-corrected chi connectivity index (χ4v) is 4.44. The van der Waals surface area contributed by atoms with Gasteiger partial charge >= 0.3 is 0 Å². The molecule has 1 saturated heterocycles. The lowest BCUT2D eigenvalue weighted by Crippen LogP contribution is -2.48. The lowest BCUT2D eigenvalue weighted by Gasteiger charge is -2.47. The standard InChI is InChI=1S/C22H29N3O2/c1-5-25-20-7-6-17(13-19(20)16(2)14-22(25,3)4)12-18(15-23)21(26)24-8-10-27-11-9-24/h6-7,12-13,16H,5,8-11,14H2,1-4H3/b18-12-/t16-/m1/s1. The molecule has 0 unspecified atom stereocenters. The Morgan fingerprint density at radius 1 is 1.37 bits per heavy atom. The number of fused-ring (bicyclic) bond motifs is 1. The number of carbonyl (C=O) groups is 1. The summed E-state index contributed by atoms with van der Waals surface area (Å²) in [5.41, 5.74) is 3.78. The van der Waals surface area contributed by atoms with Gasteiger partial charge in [-0.25, -0.2) is 0 Å². The van der Waals surface area contributed by atoms with Crippen molar-refractivity contribution < 1.29 is 9.53 Å². The molecule has 0 saturated carbocycles. The molecule has 2 aliphatic rings. The van der Waals surface area contributed by atoms with Crippen molar-refractivity contribution >= 4 is 17.7 Å². The predicted molar refractivity (Wildman–Crippen MR) is 108 cm³/mol. The molecule has 0 aliphatic carbocycles. The molecule has 0 aromatic heterocycles. The molecule has 1 amide bonds. The number of nitriles is 1. The lowest BCUT2D eigenvalue weighted by molar-refractivity contribution is -0.130. The first kappa shape index (κ1) is 19.4. The number of hydrogen-bond acceptors (Lipinski definition) is 4. The van der Waals surface area contributed by atoms with Gasteiger partial charge in [0.1, 0.15) is 11.6 Å². The maximum absolute atomic E-state index is 12.6.